The van der Waals surface area contributed by atoms with E-state index in [4.69, 9.17) is 19.2 Å². The van der Waals surface area contributed by atoms with Gasteiger partial charge in [0.15, 0.2) is 4.80 Å². The molecular formula is C36H34N4O5S. The number of aryl methyl sites for hydroxylation is 1. The summed E-state index contributed by atoms with van der Waals surface area (Å²) in [6, 6.07) is 23.7. The summed E-state index contributed by atoms with van der Waals surface area (Å²) in [7, 11) is 4.78. The van der Waals surface area contributed by atoms with E-state index in [-0.39, 0.29) is 11.5 Å². The molecule has 0 unspecified atom stereocenters. The van der Waals surface area contributed by atoms with Crippen LogP contribution in [0.5, 0.6) is 17.2 Å². The molecule has 0 aliphatic carbocycles. The molecule has 1 amide bonds. The number of hydrogen-bond donors (Lipinski definition) is 1. The average Bonchev–Trinajstić information content (AvgIpc) is 3.53. The number of allylic oxidation sites excluding steroid dienone is 1. The second-order valence-electron chi connectivity index (χ2n) is 10.9. The highest BCUT2D eigenvalue weighted by atomic mass is 32.1. The number of benzene rings is 3. The zero-order valence-corrected chi connectivity index (χ0v) is 27.3. The maximum absolute atomic E-state index is 14.3. The number of aromatic nitrogens is 2. The third-order valence-corrected chi connectivity index (χ3v) is 9.10. The lowest BCUT2D eigenvalue weighted by molar-refractivity contribution is -0.113. The van der Waals surface area contributed by atoms with Crippen LogP contribution in [0.15, 0.2) is 99.9 Å². The van der Waals surface area contributed by atoms with Crippen molar-refractivity contribution in [3.8, 4) is 22.9 Å². The topological polar surface area (TPSA) is 96.1 Å². The van der Waals surface area contributed by atoms with Crippen LogP contribution in [0.1, 0.15) is 35.5 Å². The first-order chi connectivity index (χ1) is 22.2. The normalized spacial score (nSPS) is 14.5. The van der Waals surface area contributed by atoms with E-state index < -0.39 is 6.04 Å². The maximum Gasteiger partial charge on any atom is 0.271 e. The van der Waals surface area contributed by atoms with Crippen molar-refractivity contribution < 1.29 is 19.0 Å². The first-order valence-electron chi connectivity index (χ1n) is 14.7. The SMILES string of the molecule is COc1ccc(-n2c(C)cc(/C=c3\sc4n(c3=O)[C@H](c3ccc(OC)cc3OC)C(C(=O)Nc3ccccc3)=C(C)N=4)c2C)cc1. The number of ether oxygens (including phenoxy) is 3. The minimum atomic E-state index is -0.797. The molecule has 1 aliphatic rings. The van der Waals surface area contributed by atoms with Crippen molar-refractivity contribution in [2.45, 2.75) is 26.8 Å². The number of nitrogens with one attached hydrogen (secondary N) is 1. The molecule has 5 aromatic rings. The van der Waals surface area contributed by atoms with Crippen LogP contribution in [-0.4, -0.2) is 36.4 Å². The Balaban J connectivity index is 1.51. The van der Waals surface area contributed by atoms with Crippen molar-refractivity contribution in [1.82, 2.24) is 9.13 Å². The van der Waals surface area contributed by atoms with Gasteiger partial charge in [0.05, 0.1) is 37.1 Å². The van der Waals surface area contributed by atoms with Gasteiger partial charge in [-0.1, -0.05) is 29.5 Å². The lowest BCUT2D eigenvalue weighted by Gasteiger charge is -2.26. The second kappa shape index (κ2) is 12.6. The molecule has 0 saturated carbocycles. The number of carbonyl (C=O) groups is 1. The van der Waals surface area contributed by atoms with Gasteiger partial charge in [-0.25, -0.2) is 4.99 Å². The maximum atomic E-state index is 14.3. The highest BCUT2D eigenvalue weighted by Gasteiger charge is 2.34. The standard InChI is InChI=1S/C36H34N4O5S/c1-21-18-24(23(3)39(21)26-12-14-27(43-4)15-13-26)19-31-35(42)40-33(29-17-16-28(44-5)20-30(29)45-6)32(22(2)37-36(40)46-31)34(41)38-25-10-8-7-9-11-25/h7-20,33H,1-6H3,(H,38,41)/b31-19-/t33-/m1/s1. The number of thiazole rings is 1. The molecule has 2 aromatic heterocycles. The van der Waals surface area contributed by atoms with E-state index in [0.29, 0.717) is 43.4 Å². The molecule has 3 heterocycles. The van der Waals surface area contributed by atoms with Gasteiger partial charge < -0.3 is 24.1 Å². The molecule has 9 nitrogen and oxygen atoms in total. The van der Waals surface area contributed by atoms with Crippen LogP contribution in [0.3, 0.4) is 0 Å². The molecule has 0 saturated heterocycles. The molecule has 1 aliphatic heterocycles. The van der Waals surface area contributed by atoms with E-state index in [1.165, 1.54) is 11.3 Å². The van der Waals surface area contributed by atoms with Crippen LogP contribution in [0, 0.1) is 13.8 Å². The Morgan fingerprint density at radius 3 is 2.26 bits per heavy atom. The molecule has 1 atom stereocenters. The predicted molar refractivity (Wildman–Crippen MR) is 180 cm³/mol. The van der Waals surface area contributed by atoms with Gasteiger partial charge in [0, 0.05) is 34.4 Å². The van der Waals surface area contributed by atoms with E-state index in [1.807, 2.05) is 80.6 Å². The van der Waals surface area contributed by atoms with Gasteiger partial charge in [0.1, 0.15) is 23.3 Å². The Hall–Kier alpha value is -5.35. The van der Waals surface area contributed by atoms with Gasteiger partial charge in [-0.2, -0.15) is 0 Å². The Morgan fingerprint density at radius 1 is 0.891 bits per heavy atom. The third kappa shape index (κ3) is 5.52. The van der Waals surface area contributed by atoms with Crippen molar-refractivity contribution in [2.24, 2.45) is 4.99 Å². The number of para-hydroxylation sites is 1. The molecule has 1 N–H and O–H groups in total. The molecule has 234 valence electrons. The molecule has 0 radical (unpaired) electrons. The number of fused-ring (bicyclic) bond motifs is 1. The number of anilines is 1. The number of methoxy groups -OCH3 is 3. The largest absolute Gasteiger partial charge is 0.497 e. The Morgan fingerprint density at radius 2 is 1.59 bits per heavy atom. The second-order valence-corrected chi connectivity index (χ2v) is 11.9. The molecule has 3 aromatic carbocycles. The van der Waals surface area contributed by atoms with Crippen LogP contribution in [0.4, 0.5) is 5.69 Å². The van der Waals surface area contributed by atoms with E-state index in [2.05, 4.69) is 16.0 Å². The number of amides is 1. The predicted octanol–water partition coefficient (Wildman–Crippen LogP) is 5.31. The fourth-order valence-electron chi connectivity index (χ4n) is 5.87. The lowest BCUT2D eigenvalue weighted by Crippen LogP contribution is -2.40. The van der Waals surface area contributed by atoms with Crippen molar-refractivity contribution in [3.05, 3.63) is 132 Å². The van der Waals surface area contributed by atoms with Crippen molar-refractivity contribution in [2.75, 3.05) is 26.6 Å². The zero-order chi connectivity index (χ0) is 32.5. The Kier molecular flexibility index (Phi) is 8.38. The summed E-state index contributed by atoms with van der Waals surface area (Å²) in [5.41, 5.74) is 5.81. The van der Waals surface area contributed by atoms with Crippen molar-refractivity contribution in [1.29, 1.82) is 0 Å². The molecule has 0 spiro atoms. The number of carbonyl (C=O) groups excluding carboxylic acids is 1. The van der Waals surface area contributed by atoms with Crippen LogP contribution in [0.25, 0.3) is 11.8 Å². The van der Waals surface area contributed by atoms with Crippen molar-refractivity contribution in [3.63, 3.8) is 0 Å². The lowest BCUT2D eigenvalue weighted by atomic mass is 9.94. The molecular weight excluding hydrogens is 600 g/mol. The summed E-state index contributed by atoms with van der Waals surface area (Å²) in [6.45, 7) is 5.86. The van der Waals surface area contributed by atoms with E-state index in [0.717, 1.165) is 28.4 Å². The van der Waals surface area contributed by atoms with Gasteiger partial charge in [-0.05, 0) is 87.0 Å². The van der Waals surface area contributed by atoms with Crippen LogP contribution in [0.2, 0.25) is 0 Å². The van der Waals surface area contributed by atoms with Gasteiger partial charge in [-0.3, -0.25) is 14.2 Å². The fraction of sp³-hybridized carbons (Fsp3) is 0.194. The summed E-state index contributed by atoms with van der Waals surface area (Å²) < 4.78 is 20.8. The van der Waals surface area contributed by atoms with Crippen LogP contribution < -0.4 is 34.4 Å². The van der Waals surface area contributed by atoms with Gasteiger partial charge in [0.2, 0.25) is 0 Å². The quantitative estimate of drug-likeness (QED) is 0.250. The smallest absolute Gasteiger partial charge is 0.271 e. The molecule has 0 bridgehead atoms. The summed E-state index contributed by atoms with van der Waals surface area (Å²) in [5, 5.41) is 2.99. The van der Waals surface area contributed by atoms with Gasteiger partial charge >= 0.3 is 0 Å². The summed E-state index contributed by atoms with van der Waals surface area (Å²) in [4.78, 5) is 33.6. The number of rotatable bonds is 8. The number of hydrogen-bond acceptors (Lipinski definition) is 7. The highest BCUT2D eigenvalue weighted by Crippen LogP contribution is 2.37. The molecule has 6 rings (SSSR count). The van der Waals surface area contributed by atoms with E-state index in [9.17, 15) is 9.59 Å². The monoisotopic (exact) mass is 634 g/mol. The van der Waals surface area contributed by atoms with Gasteiger partial charge in [-0.15, -0.1) is 0 Å². The third-order valence-electron chi connectivity index (χ3n) is 8.12. The van der Waals surface area contributed by atoms with E-state index >= 15 is 0 Å². The average molecular weight is 635 g/mol. The Labute approximate surface area is 270 Å². The van der Waals surface area contributed by atoms with Crippen LogP contribution >= 0.6 is 11.3 Å². The van der Waals surface area contributed by atoms with Crippen molar-refractivity contribution >= 4 is 29.0 Å². The first-order valence-corrected chi connectivity index (χ1v) is 15.5. The summed E-state index contributed by atoms with van der Waals surface area (Å²) >= 11 is 1.29. The molecule has 46 heavy (non-hydrogen) atoms. The Bertz CT molecular complexity index is 2160. The first kappa shape index (κ1) is 30.7. The van der Waals surface area contributed by atoms with Gasteiger partial charge in [0.25, 0.3) is 11.5 Å². The zero-order valence-electron chi connectivity index (χ0n) is 26.5. The molecule has 10 heteroatoms. The number of nitrogens with zero attached hydrogens (tertiary/aromatic N) is 3. The summed E-state index contributed by atoms with van der Waals surface area (Å²) in [6.07, 6.45) is 1.90. The minimum absolute atomic E-state index is 0.251. The fourth-order valence-corrected chi connectivity index (χ4v) is 6.91. The highest BCUT2D eigenvalue weighted by molar-refractivity contribution is 7.07. The summed E-state index contributed by atoms with van der Waals surface area (Å²) in [5.74, 6) is 1.51. The van der Waals surface area contributed by atoms with Crippen LogP contribution in [-0.2, 0) is 4.79 Å². The molecule has 0 fully saturated rings. The minimum Gasteiger partial charge on any atom is -0.497 e. The van der Waals surface area contributed by atoms with E-state index in [1.54, 1.807) is 45.0 Å².